The zero-order chi connectivity index (χ0) is 12.0. The third kappa shape index (κ3) is 3.24. The van der Waals surface area contributed by atoms with Crippen molar-refractivity contribution in [3.05, 3.63) is 18.1 Å². The molecule has 0 radical (unpaired) electrons. The molecule has 1 aromatic rings. The number of nitrogens with one attached hydrogen (secondary N) is 1. The third-order valence-electron chi connectivity index (χ3n) is 1.95. The molecule has 0 aromatic carbocycles. The number of anilines is 1. The van der Waals surface area contributed by atoms with Gasteiger partial charge in [-0.3, -0.25) is 4.98 Å². The summed E-state index contributed by atoms with van der Waals surface area (Å²) in [5, 5.41) is 11.7. The van der Waals surface area contributed by atoms with Crippen LogP contribution < -0.4 is 5.32 Å². The van der Waals surface area contributed by atoms with Gasteiger partial charge in [-0.05, 0) is 6.42 Å². The third-order valence-corrected chi connectivity index (χ3v) is 1.95. The maximum atomic E-state index is 10.7. The van der Waals surface area contributed by atoms with Gasteiger partial charge in [0.1, 0.15) is 5.82 Å². The second kappa shape index (κ2) is 5.71. The molecule has 0 aliphatic heterocycles. The molecule has 1 atom stereocenters. The lowest BCUT2D eigenvalue weighted by Gasteiger charge is -2.12. The number of aromatic carboxylic acids is 1. The van der Waals surface area contributed by atoms with Crippen LogP contribution in [0, 0.1) is 12.3 Å². The van der Waals surface area contributed by atoms with Gasteiger partial charge < -0.3 is 10.4 Å². The lowest BCUT2D eigenvalue weighted by atomic mass is 10.2. The Morgan fingerprint density at radius 2 is 2.44 bits per heavy atom. The second-order valence-electron chi connectivity index (χ2n) is 3.25. The Kier molecular flexibility index (Phi) is 4.28. The van der Waals surface area contributed by atoms with Crippen LogP contribution in [0.25, 0.3) is 0 Å². The fourth-order valence-electron chi connectivity index (χ4n) is 1.20. The van der Waals surface area contributed by atoms with Crippen LogP contribution in [-0.4, -0.2) is 27.1 Å². The molecule has 1 rings (SSSR count). The number of carboxylic acid groups (broad SMARTS) is 1. The highest BCUT2D eigenvalue weighted by Gasteiger charge is 2.08. The Morgan fingerprint density at radius 1 is 1.69 bits per heavy atom. The van der Waals surface area contributed by atoms with Crippen LogP contribution in [0.2, 0.25) is 0 Å². The van der Waals surface area contributed by atoms with Gasteiger partial charge >= 0.3 is 5.97 Å². The fourth-order valence-corrected chi connectivity index (χ4v) is 1.20. The first-order valence-electron chi connectivity index (χ1n) is 4.95. The Balaban J connectivity index is 2.77. The van der Waals surface area contributed by atoms with Crippen molar-refractivity contribution in [1.29, 1.82) is 0 Å². The van der Waals surface area contributed by atoms with Gasteiger partial charge in [0.25, 0.3) is 0 Å². The van der Waals surface area contributed by atoms with E-state index in [0.717, 1.165) is 12.8 Å². The van der Waals surface area contributed by atoms with Crippen LogP contribution >= 0.6 is 0 Å². The van der Waals surface area contributed by atoms with E-state index in [2.05, 4.69) is 21.2 Å². The van der Waals surface area contributed by atoms with Crippen LogP contribution in [-0.2, 0) is 0 Å². The van der Waals surface area contributed by atoms with E-state index < -0.39 is 5.97 Å². The summed E-state index contributed by atoms with van der Waals surface area (Å²) >= 11 is 0. The van der Waals surface area contributed by atoms with E-state index >= 15 is 0 Å². The summed E-state index contributed by atoms with van der Waals surface area (Å²) in [4.78, 5) is 18.3. The number of hydrogen-bond donors (Lipinski definition) is 2. The molecule has 2 N–H and O–H groups in total. The molecule has 0 saturated carbocycles. The smallest absolute Gasteiger partial charge is 0.356 e. The van der Waals surface area contributed by atoms with Gasteiger partial charge in [-0.15, -0.1) is 6.42 Å². The Hall–Kier alpha value is -2.09. The quantitative estimate of drug-likeness (QED) is 0.732. The normalized spacial score (nSPS) is 11.5. The van der Waals surface area contributed by atoms with Gasteiger partial charge in [0.05, 0.1) is 18.4 Å². The summed E-state index contributed by atoms with van der Waals surface area (Å²) in [5.41, 5.74) is -0.0998. The van der Waals surface area contributed by atoms with E-state index in [9.17, 15) is 4.79 Å². The Morgan fingerprint density at radius 3 is 3.00 bits per heavy atom. The first-order chi connectivity index (χ1) is 7.67. The largest absolute Gasteiger partial charge is 0.476 e. The molecular formula is C11H13N3O2. The summed E-state index contributed by atoms with van der Waals surface area (Å²) in [6.45, 7) is 2.02. The SMILES string of the molecule is C#CC(CCC)Nc1cncc(C(=O)O)n1. The molecule has 0 aliphatic carbocycles. The van der Waals surface area contributed by atoms with Crippen LogP contribution in [0.1, 0.15) is 30.3 Å². The Labute approximate surface area is 93.9 Å². The van der Waals surface area contributed by atoms with Crippen LogP contribution in [0.4, 0.5) is 5.82 Å². The van der Waals surface area contributed by atoms with Crippen LogP contribution in [0.3, 0.4) is 0 Å². The van der Waals surface area contributed by atoms with Gasteiger partial charge in [-0.25, -0.2) is 9.78 Å². The molecule has 16 heavy (non-hydrogen) atoms. The lowest BCUT2D eigenvalue weighted by Crippen LogP contribution is -2.18. The van der Waals surface area contributed by atoms with E-state index in [-0.39, 0.29) is 11.7 Å². The first-order valence-corrected chi connectivity index (χ1v) is 4.95. The number of carbonyl (C=O) groups is 1. The van der Waals surface area contributed by atoms with Crippen LogP contribution in [0.5, 0.6) is 0 Å². The molecule has 0 saturated heterocycles. The van der Waals surface area contributed by atoms with Gasteiger partial charge in [0, 0.05) is 0 Å². The highest BCUT2D eigenvalue weighted by atomic mass is 16.4. The topological polar surface area (TPSA) is 75.1 Å². The van der Waals surface area contributed by atoms with Gasteiger partial charge in [0.2, 0.25) is 0 Å². The number of carboxylic acids is 1. The fraction of sp³-hybridized carbons (Fsp3) is 0.364. The van der Waals surface area contributed by atoms with Crippen LogP contribution in [0.15, 0.2) is 12.4 Å². The number of hydrogen-bond acceptors (Lipinski definition) is 4. The van der Waals surface area contributed by atoms with E-state index in [1.54, 1.807) is 0 Å². The minimum atomic E-state index is -1.11. The molecule has 5 heteroatoms. The van der Waals surface area contributed by atoms with E-state index in [0.29, 0.717) is 5.82 Å². The van der Waals surface area contributed by atoms with Crippen molar-refractivity contribution < 1.29 is 9.90 Å². The van der Waals surface area contributed by atoms with E-state index in [1.807, 2.05) is 6.92 Å². The predicted octanol–water partition coefficient (Wildman–Crippen LogP) is 1.39. The molecule has 1 unspecified atom stereocenters. The molecule has 1 heterocycles. The maximum absolute atomic E-state index is 10.7. The summed E-state index contributed by atoms with van der Waals surface area (Å²) < 4.78 is 0. The van der Waals surface area contributed by atoms with Crippen molar-refractivity contribution in [2.24, 2.45) is 0 Å². The van der Waals surface area contributed by atoms with Crippen molar-refractivity contribution >= 4 is 11.8 Å². The molecule has 1 aromatic heterocycles. The number of terminal acetylenes is 1. The molecule has 0 aliphatic rings. The minimum absolute atomic E-state index is 0.0998. The van der Waals surface area contributed by atoms with Gasteiger partial charge in [-0.1, -0.05) is 19.3 Å². The number of aromatic nitrogens is 2. The number of rotatable bonds is 5. The van der Waals surface area contributed by atoms with Gasteiger partial charge in [-0.2, -0.15) is 0 Å². The monoisotopic (exact) mass is 219 g/mol. The van der Waals surface area contributed by atoms with Crippen molar-refractivity contribution in [2.75, 3.05) is 5.32 Å². The minimum Gasteiger partial charge on any atom is -0.476 e. The van der Waals surface area contributed by atoms with Gasteiger partial charge in [0.15, 0.2) is 5.69 Å². The average Bonchev–Trinajstić information content (AvgIpc) is 2.29. The molecule has 0 fully saturated rings. The second-order valence-corrected chi connectivity index (χ2v) is 3.25. The molecule has 0 bridgehead atoms. The average molecular weight is 219 g/mol. The lowest BCUT2D eigenvalue weighted by molar-refractivity contribution is 0.0690. The predicted molar refractivity (Wildman–Crippen MR) is 60.1 cm³/mol. The van der Waals surface area contributed by atoms with Crippen molar-refractivity contribution in [1.82, 2.24) is 9.97 Å². The maximum Gasteiger partial charge on any atom is 0.356 e. The summed E-state index contributed by atoms with van der Waals surface area (Å²) in [7, 11) is 0. The Bertz CT molecular complexity index is 412. The van der Waals surface area contributed by atoms with E-state index in [4.69, 9.17) is 11.5 Å². The summed E-state index contributed by atoms with van der Waals surface area (Å²) in [6, 6.07) is -0.150. The van der Waals surface area contributed by atoms with E-state index in [1.165, 1.54) is 12.4 Å². The van der Waals surface area contributed by atoms with Crippen molar-refractivity contribution in [3.63, 3.8) is 0 Å². The first kappa shape index (κ1) is 12.0. The molecule has 0 spiro atoms. The standard InChI is InChI=1S/C11H13N3O2/c1-3-5-8(4-2)13-10-7-12-6-9(14-10)11(15)16/h2,6-8H,3,5H2,1H3,(H,13,14)(H,15,16). The molecule has 84 valence electrons. The van der Waals surface area contributed by atoms with Crippen molar-refractivity contribution in [2.45, 2.75) is 25.8 Å². The summed E-state index contributed by atoms with van der Waals surface area (Å²) in [6.07, 6.45) is 9.71. The molecular weight excluding hydrogens is 206 g/mol. The van der Waals surface area contributed by atoms with Crippen molar-refractivity contribution in [3.8, 4) is 12.3 Å². The highest BCUT2D eigenvalue weighted by molar-refractivity contribution is 5.85. The zero-order valence-corrected chi connectivity index (χ0v) is 8.97. The molecule has 5 nitrogen and oxygen atoms in total. The zero-order valence-electron chi connectivity index (χ0n) is 8.97. The summed E-state index contributed by atoms with van der Waals surface area (Å²) in [5.74, 6) is 1.85. The molecule has 0 amide bonds. The number of nitrogens with zero attached hydrogens (tertiary/aromatic N) is 2. The highest BCUT2D eigenvalue weighted by Crippen LogP contribution is 2.07.